The van der Waals surface area contributed by atoms with Crippen LogP contribution in [0.1, 0.15) is 37.4 Å². The number of hydrogen-bond acceptors (Lipinski definition) is 5. The molecule has 0 radical (unpaired) electrons. The van der Waals surface area contributed by atoms with Gasteiger partial charge in [0.05, 0.1) is 6.54 Å². The summed E-state index contributed by atoms with van der Waals surface area (Å²) < 4.78 is 5.21. The molecule has 0 aliphatic heterocycles. The van der Waals surface area contributed by atoms with Crippen molar-refractivity contribution in [1.82, 2.24) is 20.4 Å². The van der Waals surface area contributed by atoms with Crippen LogP contribution in [0.2, 0.25) is 0 Å². The highest BCUT2D eigenvalue weighted by molar-refractivity contribution is 4.87. The molecule has 5 heteroatoms. The number of nitrogens with zero attached hydrogens (tertiary/aromatic N) is 3. The minimum atomic E-state index is 0.645. The smallest absolute Gasteiger partial charge is 0.240 e. The maximum Gasteiger partial charge on any atom is 0.240 e. The zero-order chi connectivity index (χ0) is 12.1. The molecule has 0 amide bonds. The van der Waals surface area contributed by atoms with Gasteiger partial charge in [-0.05, 0) is 26.9 Å². The number of rotatable bonds is 6. The maximum atomic E-state index is 5.21. The van der Waals surface area contributed by atoms with Crippen LogP contribution in [0.4, 0.5) is 0 Å². The highest BCUT2D eigenvalue weighted by Gasteiger charge is 2.15. The van der Waals surface area contributed by atoms with E-state index in [0.29, 0.717) is 18.5 Å². The highest BCUT2D eigenvalue weighted by atomic mass is 16.5. The second-order valence-electron chi connectivity index (χ2n) is 5.02. The Hall–Kier alpha value is -0.940. The van der Waals surface area contributed by atoms with Crippen LogP contribution in [-0.4, -0.2) is 41.7 Å². The lowest BCUT2D eigenvalue weighted by atomic mass is 10.2. The quantitative estimate of drug-likeness (QED) is 0.807. The maximum absolute atomic E-state index is 5.21. The van der Waals surface area contributed by atoms with Crippen LogP contribution in [0.25, 0.3) is 0 Å². The molecule has 2 rings (SSSR count). The lowest BCUT2D eigenvalue weighted by Gasteiger charge is -2.08. The minimum Gasteiger partial charge on any atom is -0.338 e. The van der Waals surface area contributed by atoms with Crippen molar-refractivity contribution in [2.24, 2.45) is 0 Å². The van der Waals surface area contributed by atoms with Crippen molar-refractivity contribution in [3.05, 3.63) is 11.7 Å². The monoisotopic (exact) mass is 238 g/mol. The van der Waals surface area contributed by atoms with Gasteiger partial charge in [0.15, 0.2) is 5.82 Å². The second-order valence-corrected chi connectivity index (χ2v) is 5.02. The van der Waals surface area contributed by atoms with Crippen LogP contribution >= 0.6 is 0 Å². The van der Waals surface area contributed by atoms with Crippen LogP contribution in [0.15, 0.2) is 4.52 Å². The SMILES string of the molecule is CN(C)CCc1noc(CNC2CCCC2)n1. The molecule has 1 saturated carbocycles. The van der Waals surface area contributed by atoms with Gasteiger partial charge in [-0.2, -0.15) is 4.98 Å². The number of hydrogen-bond donors (Lipinski definition) is 1. The van der Waals surface area contributed by atoms with Crippen LogP contribution in [0.5, 0.6) is 0 Å². The van der Waals surface area contributed by atoms with Crippen LogP contribution < -0.4 is 5.32 Å². The molecular formula is C12H22N4O. The Balaban J connectivity index is 1.73. The third-order valence-electron chi connectivity index (χ3n) is 3.19. The zero-order valence-electron chi connectivity index (χ0n) is 10.8. The lowest BCUT2D eigenvalue weighted by Crippen LogP contribution is -2.25. The average Bonchev–Trinajstić information content (AvgIpc) is 2.95. The molecule has 0 unspecified atom stereocenters. The van der Waals surface area contributed by atoms with E-state index in [1.165, 1.54) is 25.7 Å². The van der Waals surface area contributed by atoms with Gasteiger partial charge in [0.2, 0.25) is 5.89 Å². The summed E-state index contributed by atoms with van der Waals surface area (Å²) in [6.45, 7) is 1.66. The summed E-state index contributed by atoms with van der Waals surface area (Å²) >= 11 is 0. The normalized spacial score (nSPS) is 17.1. The van der Waals surface area contributed by atoms with E-state index in [0.717, 1.165) is 18.8 Å². The fourth-order valence-electron chi connectivity index (χ4n) is 2.15. The predicted molar refractivity (Wildman–Crippen MR) is 65.7 cm³/mol. The molecule has 0 saturated heterocycles. The van der Waals surface area contributed by atoms with Crippen molar-refractivity contribution in [3.63, 3.8) is 0 Å². The summed E-state index contributed by atoms with van der Waals surface area (Å²) in [6, 6.07) is 0.645. The van der Waals surface area contributed by atoms with E-state index < -0.39 is 0 Å². The average molecular weight is 238 g/mol. The van der Waals surface area contributed by atoms with Gasteiger partial charge in [-0.1, -0.05) is 18.0 Å². The van der Waals surface area contributed by atoms with E-state index >= 15 is 0 Å². The van der Waals surface area contributed by atoms with Gasteiger partial charge in [-0.15, -0.1) is 0 Å². The Kier molecular flexibility index (Phi) is 4.50. The molecular weight excluding hydrogens is 216 g/mol. The Morgan fingerprint density at radius 1 is 1.35 bits per heavy atom. The molecule has 0 aromatic carbocycles. The summed E-state index contributed by atoms with van der Waals surface area (Å²) in [5, 5.41) is 7.45. The molecule has 1 aliphatic carbocycles. The van der Waals surface area contributed by atoms with Gasteiger partial charge in [0, 0.05) is 19.0 Å². The van der Waals surface area contributed by atoms with E-state index in [4.69, 9.17) is 4.52 Å². The topological polar surface area (TPSA) is 54.2 Å². The fourth-order valence-corrected chi connectivity index (χ4v) is 2.15. The molecule has 0 spiro atoms. The van der Waals surface area contributed by atoms with Gasteiger partial charge in [-0.25, -0.2) is 0 Å². The first-order valence-electron chi connectivity index (χ1n) is 6.43. The summed E-state index contributed by atoms with van der Waals surface area (Å²) in [4.78, 5) is 6.49. The molecule has 1 fully saturated rings. The van der Waals surface area contributed by atoms with Crippen LogP contribution in [-0.2, 0) is 13.0 Å². The summed E-state index contributed by atoms with van der Waals surface area (Å²) in [6.07, 6.45) is 6.09. The molecule has 1 aromatic heterocycles. The molecule has 1 heterocycles. The van der Waals surface area contributed by atoms with E-state index in [1.807, 2.05) is 14.1 Å². The largest absolute Gasteiger partial charge is 0.338 e. The molecule has 1 N–H and O–H groups in total. The first kappa shape index (κ1) is 12.5. The van der Waals surface area contributed by atoms with E-state index in [9.17, 15) is 0 Å². The third kappa shape index (κ3) is 4.09. The van der Waals surface area contributed by atoms with Gasteiger partial charge in [-0.3, -0.25) is 0 Å². The molecule has 0 bridgehead atoms. The lowest BCUT2D eigenvalue weighted by molar-refractivity contribution is 0.349. The van der Waals surface area contributed by atoms with Gasteiger partial charge < -0.3 is 14.7 Å². The van der Waals surface area contributed by atoms with Crippen molar-refractivity contribution in [3.8, 4) is 0 Å². The fraction of sp³-hybridized carbons (Fsp3) is 0.833. The van der Waals surface area contributed by atoms with Crippen molar-refractivity contribution in [1.29, 1.82) is 0 Å². The summed E-state index contributed by atoms with van der Waals surface area (Å²) in [5.74, 6) is 1.52. The van der Waals surface area contributed by atoms with Crippen molar-refractivity contribution >= 4 is 0 Å². The first-order chi connectivity index (χ1) is 8.24. The van der Waals surface area contributed by atoms with Gasteiger partial charge >= 0.3 is 0 Å². The van der Waals surface area contributed by atoms with Gasteiger partial charge in [0.1, 0.15) is 0 Å². The molecule has 5 nitrogen and oxygen atoms in total. The second kappa shape index (κ2) is 6.12. The number of nitrogens with one attached hydrogen (secondary N) is 1. The predicted octanol–water partition coefficient (Wildman–Crippen LogP) is 1.21. The van der Waals surface area contributed by atoms with E-state index in [2.05, 4.69) is 20.4 Å². The third-order valence-corrected chi connectivity index (χ3v) is 3.19. The molecule has 0 atom stereocenters. The Labute approximate surface area is 103 Å². The summed E-state index contributed by atoms with van der Waals surface area (Å²) in [7, 11) is 4.09. The van der Waals surface area contributed by atoms with E-state index in [-0.39, 0.29) is 0 Å². The highest BCUT2D eigenvalue weighted by Crippen LogP contribution is 2.17. The van der Waals surface area contributed by atoms with Crippen LogP contribution in [0.3, 0.4) is 0 Å². The molecule has 17 heavy (non-hydrogen) atoms. The minimum absolute atomic E-state index is 0.645. The van der Waals surface area contributed by atoms with Crippen molar-refractivity contribution < 1.29 is 4.52 Å². The molecule has 1 aliphatic rings. The number of aromatic nitrogens is 2. The molecule has 96 valence electrons. The van der Waals surface area contributed by atoms with Crippen LogP contribution in [0, 0.1) is 0 Å². The first-order valence-corrected chi connectivity index (χ1v) is 6.43. The Bertz CT molecular complexity index is 331. The Morgan fingerprint density at radius 2 is 2.12 bits per heavy atom. The van der Waals surface area contributed by atoms with E-state index in [1.54, 1.807) is 0 Å². The van der Waals surface area contributed by atoms with Crippen molar-refractivity contribution in [2.45, 2.75) is 44.7 Å². The summed E-state index contributed by atoms with van der Waals surface area (Å²) in [5.41, 5.74) is 0. The Morgan fingerprint density at radius 3 is 2.82 bits per heavy atom. The number of likely N-dealkylation sites (N-methyl/N-ethyl adjacent to an activating group) is 1. The van der Waals surface area contributed by atoms with Crippen molar-refractivity contribution in [2.75, 3.05) is 20.6 Å². The molecule has 1 aromatic rings. The zero-order valence-corrected chi connectivity index (χ0v) is 10.8. The van der Waals surface area contributed by atoms with Gasteiger partial charge in [0.25, 0.3) is 0 Å². The standard InChI is InChI=1S/C12H22N4O/c1-16(2)8-7-11-14-12(17-15-11)9-13-10-5-3-4-6-10/h10,13H,3-9H2,1-2H3.